The van der Waals surface area contributed by atoms with Crippen molar-refractivity contribution < 1.29 is 19.4 Å². The van der Waals surface area contributed by atoms with Gasteiger partial charge in [-0.1, -0.05) is 30.3 Å². The molecule has 0 saturated heterocycles. The van der Waals surface area contributed by atoms with Crippen LogP contribution in [0.5, 0.6) is 0 Å². The van der Waals surface area contributed by atoms with Gasteiger partial charge in [-0.15, -0.1) is 11.3 Å². The maximum atomic E-state index is 12.0. The summed E-state index contributed by atoms with van der Waals surface area (Å²) >= 11 is 1.04. The van der Waals surface area contributed by atoms with Gasteiger partial charge in [0, 0.05) is 0 Å². The average molecular weight is 343 g/mol. The van der Waals surface area contributed by atoms with E-state index in [0.717, 1.165) is 16.9 Å². The number of carbonyl (C=O) groups is 2. The number of aromatic carboxylic acids is 1. The lowest BCUT2D eigenvalue weighted by Crippen LogP contribution is -2.15. The summed E-state index contributed by atoms with van der Waals surface area (Å²) < 4.78 is 5.15. The van der Waals surface area contributed by atoms with Gasteiger partial charge >= 0.3 is 12.1 Å². The summed E-state index contributed by atoms with van der Waals surface area (Å²) in [5, 5.41) is 12.3. The Morgan fingerprint density at radius 3 is 2.71 bits per heavy atom. The molecule has 8 heteroatoms. The molecule has 0 unspecified atom stereocenters. The predicted octanol–water partition coefficient (Wildman–Crippen LogP) is 3.45. The number of hydrogen-bond donors (Lipinski definition) is 2. The summed E-state index contributed by atoms with van der Waals surface area (Å²) in [6, 6.07) is 9.27. The van der Waals surface area contributed by atoms with Crippen molar-refractivity contribution in [1.29, 1.82) is 0 Å². The van der Waals surface area contributed by atoms with Gasteiger partial charge in [-0.25, -0.2) is 19.6 Å². The van der Waals surface area contributed by atoms with Crippen molar-refractivity contribution in [1.82, 2.24) is 9.97 Å². The number of carboxylic acid groups (broad SMARTS) is 1. The maximum absolute atomic E-state index is 12.0. The molecule has 0 atom stereocenters. The average Bonchev–Trinajstić information content (AvgIpc) is 2.92. The minimum absolute atomic E-state index is 0.129. The lowest BCUT2D eigenvalue weighted by atomic mass is 10.2. The molecule has 0 aliphatic rings. The van der Waals surface area contributed by atoms with Gasteiger partial charge in [-0.05, 0) is 18.1 Å². The fourth-order valence-electron chi connectivity index (χ4n) is 2.23. The molecule has 0 fully saturated rings. The molecule has 3 aromatic rings. The van der Waals surface area contributed by atoms with E-state index in [1.165, 1.54) is 6.33 Å². The van der Waals surface area contributed by atoms with Gasteiger partial charge < -0.3 is 9.84 Å². The second-order valence-corrected chi connectivity index (χ2v) is 5.95. The van der Waals surface area contributed by atoms with E-state index >= 15 is 0 Å². The molecular formula is C16H13N3O4S. The second-order valence-electron chi connectivity index (χ2n) is 4.95. The third kappa shape index (κ3) is 3.18. The van der Waals surface area contributed by atoms with Crippen LogP contribution in [-0.2, 0) is 11.3 Å². The minimum atomic E-state index is -1.03. The lowest BCUT2D eigenvalue weighted by molar-refractivity contribution is 0.0701. The number of ether oxygens (including phenoxy) is 1. The van der Waals surface area contributed by atoms with Crippen LogP contribution in [0, 0.1) is 6.92 Å². The van der Waals surface area contributed by atoms with Crippen LogP contribution in [0.4, 0.5) is 10.6 Å². The Balaban J connectivity index is 1.79. The molecule has 3 rings (SSSR count). The first kappa shape index (κ1) is 15.9. The fourth-order valence-corrected chi connectivity index (χ4v) is 3.21. The van der Waals surface area contributed by atoms with Crippen LogP contribution in [0.2, 0.25) is 0 Å². The number of fused-ring (bicyclic) bond motifs is 1. The zero-order chi connectivity index (χ0) is 17.1. The van der Waals surface area contributed by atoms with E-state index in [-0.39, 0.29) is 17.3 Å². The Bertz CT molecular complexity index is 908. The second kappa shape index (κ2) is 6.63. The maximum Gasteiger partial charge on any atom is 0.413 e. The molecule has 0 aliphatic heterocycles. The Morgan fingerprint density at radius 1 is 1.25 bits per heavy atom. The summed E-state index contributed by atoms with van der Waals surface area (Å²) in [5.74, 6) is -0.799. The monoisotopic (exact) mass is 343 g/mol. The number of benzene rings is 1. The van der Waals surface area contributed by atoms with Gasteiger partial charge in [0.2, 0.25) is 0 Å². The third-order valence-corrected chi connectivity index (χ3v) is 4.54. The summed E-state index contributed by atoms with van der Waals surface area (Å²) in [6.07, 6.45) is 0.609. The summed E-state index contributed by atoms with van der Waals surface area (Å²) in [5.41, 5.74) is 1.38. The van der Waals surface area contributed by atoms with Crippen LogP contribution >= 0.6 is 11.3 Å². The van der Waals surface area contributed by atoms with Crippen LogP contribution in [-0.4, -0.2) is 27.1 Å². The standard InChI is InChI=1S/C16H13N3O4S/c1-9-11-13(17-8-18-14(11)24-12(9)15(20)21)19-16(22)23-7-10-5-3-2-4-6-10/h2-6,8H,7H2,1H3,(H,20,21)(H,17,18,19,22). The number of carbonyl (C=O) groups excluding carboxylic acids is 1. The zero-order valence-electron chi connectivity index (χ0n) is 12.6. The number of anilines is 1. The number of aryl methyl sites for hydroxylation is 1. The number of nitrogens with zero attached hydrogens (tertiary/aromatic N) is 2. The molecule has 7 nitrogen and oxygen atoms in total. The van der Waals surface area contributed by atoms with Crippen LogP contribution in [0.3, 0.4) is 0 Å². The molecule has 2 N–H and O–H groups in total. The number of nitrogens with one attached hydrogen (secondary N) is 1. The number of amides is 1. The number of hydrogen-bond acceptors (Lipinski definition) is 6. The van der Waals surface area contributed by atoms with Gasteiger partial charge in [0.15, 0.2) is 0 Å². The Morgan fingerprint density at radius 2 is 2.00 bits per heavy atom. The predicted molar refractivity (Wildman–Crippen MR) is 89.4 cm³/mol. The quantitative estimate of drug-likeness (QED) is 0.752. The Hall–Kier alpha value is -3.00. The summed E-state index contributed by atoms with van der Waals surface area (Å²) in [4.78, 5) is 32.0. The van der Waals surface area contributed by atoms with Crippen molar-refractivity contribution >= 4 is 39.4 Å². The highest BCUT2D eigenvalue weighted by molar-refractivity contribution is 7.20. The van der Waals surface area contributed by atoms with E-state index < -0.39 is 12.1 Å². The highest BCUT2D eigenvalue weighted by Crippen LogP contribution is 2.33. The van der Waals surface area contributed by atoms with E-state index in [2.05, 4.69) is 15.3 Å². The van der Waals surface area contributed by atoms with E-state index in [1.807, 2.05) is 30.3 Å². The van der Waals surface area contributed by atoms with Gasteiger partial charge in [0.1, 0.15) is 28.5 Å². The number of aromatic nitrogens is 2. The molecule has 1 amide bonds. The van der Waals surface area contributed by atoms with Crippen molar-refractivity contribution in [3.05, 3.63) is 52.7 Å². The van der Waals surface area contributed by atoms with Crippen LogP contribution in [0.1, 0.15) is 20.8 Å². The molecule has 0 aliphatic carbocycles. The zero-order valence-corrected chi connectivity index (χ0v) is 13.5. The van der Waals surface area contributed by atoms with Gasteiger partial charge in [-0.2, -0.15) is 0 Å². The fraction of sp³-hybridized carbons (Fsp3) is 0.125. The largest absolute Gasteiger partial charge is 0.477 e. The topological polar surface area (TPSA) is 101 Å². The molecule has 24 heavy (non-hydrogen) atoms. The van der Waals surface area contributed by atoms with E-state index in [1.54, 1.807) is 6.92 Å². The molecule has 0 spiro atoms. The summed E-state index contributed by atoms with van der Waals surface area (Å²) in [7, 11) is 0. The highest BCUT2D eigenvalue weighted by Gasteiger charge is 2.19. The van der Waals surface area contributed by atoms with Gasteiger partial charge in [-0.3, -0.25) is 5.32 Å². The van der Waals surface area contributed by atoms with E-state index in [0.29, 0.717) is 15.8 Å². The number of carboxylic acids is 1. The van der Waals surface area contributed by atoms with Crippen molar-refractivity contribution in [2.75, 3.05) is 5.32 Å². The highest BCUT2D eigenvalue weighted by atomic mass is 32.1. The molecule has 122 valence electrons. The SMILES string of the molecule is Cc1c(C(=O)O)sc2ncnc(NC(=O)OCc3ccccc3)c12. The smallest absolute Gasteiger partial charge is 0.413 e. The molecule has 0 saturated carbocycles. The molecule has 0 bridgehead atoms. The first-order valence-electron chi connectivity index (χ1n) is 7.01. The third-order valence-electron chi connectivity index (χ3n) is 3.35. The first-order chi connectivity index (χ1) is 11.6. The summed E-state index contributed by atoms with van der Waals surface area (Å²) in [6.45, 7) is 1.79. The van der Waals surface area contributed by atoms with E-state index in [4.69, 9.17) is 4.74 Å². The van der Waals surface area contributed by atoms with Gasteiger partial charge in [0.05, 0.1) is 5.39 Å². The van der Waals surface area contributed by atoms with Crippen molar-refractivity contribution in [3.63, 3.8) is 0 Å². The van der Waals surface area contributed by atoms with Gasteiger partial charge in [0.25, 0.3) is 0 Å². The van der Waals surface area contributed by atoms with Crippen molar-refractivity contribution in [2.45, 2.75) is 13.5 Å². The molecule has 2 aromatic heterocycles. The minimum Gasteiger partial charge on any atom is -0.477 e. The number of rotatable bonds is 4. The molecule has 0 radical (unpaired) electrons. The molecule has 1 aromatic carbocycles. The van der Waals surface area contributed by atoms with Crippen LogP contribution in [0.25, 0.3) is 10.2 Å². The number of thiophene rings is 1. The van der Waals surface area contributed by atoms with Crippen molar-refractivity contribution in [3.8, 4) is 0 Å². The first-order valence-corrected chi connectivity index (χ1v) is 7.83. The lowest BCUT2D eigenvalue weighted by Gasteiger charge is -2.07. The Kier molecular flexibility index (Phi) is 4.39. The molecule has 2 heterocycles. The normalized spacial score (nSPS) is 10.5. The van der Waals surface area contributed by atoms with Crippen molar-refractivity contribution in [2.24, 2.45) is 0 Å². The van der Waals surface area contributed by atoms with Crippen LogP contribution < -0.4 is 5.32 Å². The van der Waals surface area contributed by atoms with E-state index in [9.17, 15) is 14.7 Å². The van der Waals surface area contributed by atoms with Crippen LogP contribution in [0.15, 0.2) is 36.7 Å². The molecular weight excluding hydrogens is 330 g/mol. The Labute approximate surface area is 140 Å².